The highest BCUT2D eigenvalue weighted by molar-refractivity contribution is 5.71. The molecule has 0 aromatic heterocycles. The summed E-state index contributed by atoms with van der Waals surface area (Å²) < 4.78 is 16.9. The van der Waals surface area contributed by atoms with Crippen molar-refractivity contribution in [3.05, 3.63) is 85.1 Å². The van der Waals surface area contributed by atoms with Crippen molar-refractivity contribution in [2.24, 2.45) is 0 Å². The molecular formula is C76H134O6. The quantitative estimate of drug-likeness (QED) is 0.0261. The topological polar surface area (TPSA) is 78.9 Å². The van der Waals surface area contributed by atoms with Crippen LogP contribution in [0.1, 0.15) is 361 Å². The summed E-state index contributed by atoms with van der Waals surface area (Å²) in [6, 6.07) is 0. The van der Waals surface area contributed by atoms with Crippen LogP contribution in [0.2, 0.25) is 0 Å². The molecule has 82 heavy (non-hydrogen) atoms. The van der Waals surface area contributed by atoms with Gasteiger partial charge in [0.2, 0.25) is 0 Å². The zero-order valence-corrected chi connectivity index (χ0v) is 54.5. The van der Waals surface area contributed by atoms with Gasteiger partial charge in [-0.25, -0.2) is 0 Å². The predicted molar refractivity (Wildman–Crippen MR) is 358 cm³/mol. The molecule has 0 amide bonds. The van der Waals surface area contributed by atoms with Gasteiger partial charge in [0.15, 0.2) is 6.10 Å². The van der Waals surface area contributed by atoms with E-state index in [1.807, 2.05) is 0 Å². The molecule has 0 rings (SSSR count). The largest absolute Gasteiger partial charge is 0.462 e. The predicted octanol–water partition coefficient (Wildman–Crippen LogP) is 24.6. The van der Waals surface area contributed by atoms with Gasteiger partial charge in [0, 0.05) is 19.3 Å². The number of ether oxygens (including phenoxy) is 3. The lowest BCUT2D eigenvalue weighted by Crippen LogP contribution is -2.30. The van der Waals surface area contributed by atoms with Gasteiger partial charge in [0.05, 0.1) is 0 Å². The molecule has 0 aliphatic carbocycles. The van der Waals surface area contributed by atoms with Gasteiger partial charge < -0.3 is 14.2 Å². The summed E-state index contributed by atoms with van der Waals surface area (Å²) in [5.41, 5.74) is 0. The van der Waals surface area contributed by atoms with Gasteiger partial charge in [-0.15, -0.1) is 0 Å². The van der Waals surface area contributed by atoms with Crippen LogP contribution in [-0.2, 0) is 28.6 Å². The van der Waals surface area contributed by atoms with Crippen LogP contribution in [0.5, 0.6) is 0 Å². The van der Waals surface area contributed by atoms with Crippen molar-refractivity contribution in [1.82, 2.24) is 0 Å². The molecular weight excluding hydrogens is 1010 g/mol. The maximum absolute atomic E-state index is 12.9. The first kappa shape index (κ1) is 78.6. The second-order valence-corrected chi connectivity index (χ2v) is 23.8. The number of esters is 3. The van der Waals surface area contributed by atoms with Gasteiger partial charge >= 0.3 is 17.9 Å². The van der Waals surface area contributed by atoms with E-state index in [-0.39, 0.29) is 31.1 Å². The Kier molecular flexibility index (Phi) is 67.2. The Morgan fingerprint density at radius 3 is 0.744 bits per heavy atom. The van der Waals surface area contributed by atoms with E-state index in [4.69, 9.17) is 14.2 Å². The summed E-state index contributed by atoms with van der Waals surface area (Å²) in [6.45, 7) is 6.53. The lowest BCUT2D eigenvalue weighted by atomic mass is 10.0. The molecule has 474 valence electrons. The average Bonchev–Trinajstić information content (AvgIpc) is 3.48. The summed E-state index contributed by atoms with van der Waals surface area (Å²) in [4.78, 5) is 38.3. The van der Waals surface area contributed by atoms with Crippen molar-refractivity contribution in [3.63, 3.8) is 0 Å². The molecule has 6 nitrogen and oxygen atoms in total. The van der Waals surface area contributed by atoms with Gasteiger partial charge in [-0.3, -0.25) is 14.4 Å². The Balaban J connectivity index is 4.09. The third-order valence-corrected chi connectivity index (χ3v) is 15.6. The van der Waals surface area contributed by atoms with Crippen molar-refractivity contribution in [1.29, 1.82) is 0 Å². The first-order valence-corrected chi connectivity index (χ1v) is 35.6. The van der Waals surface area contributed by atoms with Crippen molar-refractivity contribution in [2.75, 3.05) is 13.2 Å². The van der Waals surface area contributed by atoms with Crippen LogP contribution < -0.4 is 0 Å². The molecule has 0 bridgehead atoms. The Bertz CT molecular complexity index is 1550. The molecule has 0 N–H and O–H groups in total. The Labute approximate surface area is 509 Å². The summed E-state index contributed by atoms with van der Waals surface area (Å²) in [5.74, 6) is -0.868. The number of unbranched alkanes of at least 4 members (excludes halogenated alkanes) is 40. The smallest absolute Gasteiger partial charge is 0.306 e. The maximum Gasteiger partial charge on any atom is 0.306 e. The number of carbonyl (C=O) groups excluding carboxylic acids is 3. The number of hydrogen-bond acceptors (Lipinski definition) is 6. The standard InChI is InChI=1S/C76H134O6/c1-4-7-10-13-16-19-21-23-25-27-29-31-33-35-36-37-38-39-40-42-43-45-47-49-51-53-55-57-60-63-66-69-75(78)81-72-73(71-80-74(77)68-65-62-59-18-15-12-9-6-3)82-76(79)70-67-64-61-58-56-54-52-50-48-46-44-41-34-32-30-28-26-24-22-20-17-14-11-8-5-2/h8,11,17,20-21,23-24,26-27,29-30,32,41,44,73H,4-7,9-10,12-16,18-19,22,25,28,31,33-40,42-43,45-72H2,1-3H3/b11-8-,20-17-,23-21-,26-24-,29-27-,32-30-,44-41-. The van der Waals surface area contributed by atoms with E-state index in [1.54, 1.807) is 0 Å². The molecule has 1 atom stereocenters. The molecule has 0 aromatic carbocycles. The minimum atomic E-state index is -0.777. The minimum Gasteiger partial charge on any atom is -0.462 e. The Morgan fingerprint density at radius 1 is 0.256 bits per heavy atom. The molecule has 0 aliphatic heterocycles. The van der Waals surface area contributed by atoms with Crippen molar-refractivity contribution in [2.45, 2.75) is 367 Å². The van der Waals surface area contributed by atoms with Crippen LogP contribution in [0.4, 0.5) is 0 Å². The van der Waals surface area contributed by atoms with E-state index >= 15 is 0 Å². The van der Waals surface area contributed by atoms with E-state index in [0.29, 0.717) is 19.3 Å². The second-order valence-electron chi connectivity index (χ2n) is 23.8. The molecule has 0 fully saturated rings. The fourth-order valence-electron chi connectivity index (χ4n) is 10.3. The zero-order chi connectivity index (χ0) is 59.2. The molecule has 6 heteroatoms. The van der Waals surface area contributed by atoms with Crippen molar-refractivity contribution >= 4 is 17.9 Å². The molecule has 0 spiro atoms. The molecule has 0 radical (unpaired) electrons. The van der Waals surface area contributed by atoms with E-state index in [9.17, 15) is 14.4 Å². The van der Waals surface area contributed by atoms with Gasteiger partial charge in [0.1, 0.15) is 13.2 Å². The average molecular weight is 1140 g/mol. The molecule has 0 saturated carbocycles. The SMILES string of the molecule is CC/C=C\C/C=C\C/C=C\C/C=C\C/C=C\CCCCCCCCCCCC(=O)OC(COC(=O)CCCCCCCCCC)COC(=O)CCCCCCCCCCCCCCCCCCCCC/C=C\C/C=C\CCCCCCC. The van der Waals surface area contributed by atoms with Crippen molar-refractivity contribution in [3.8, 4) is 0 Å². The summed E-state index contributed by atoms with van der Waals surface area (Å²) in [6.07, 6.45) is 93.5. The summed E-state index contributed by atoms with van der Waals surface area (Å²) in [5, 5.41) is 0. The lowest BCUT2D eigenvalue weighted by Gasteiger charge is -2.18. The molecule has 0 saturated heterocycles. The van der Waals surface area contributed by atoms with Gasteiger partial charge in [0.25, 0.3) is 0 Å². The third kappa shape index (κ3) is 67.4. The zero-order valence-electron chi connectivity index (χ0n) is 54.5. The fourth-order valence-corrected chi connectivity index (χ4v) is 10.3. The van der Waals surface area contributed by atoms with Crippen LogP contribution in [-0.4, -0.2) is 37.2 Å². The fraction of sp³-hybridized carbons (Fsp3) is 0.776. The first-order valence-electron chi connectivity index (χ1n) is 35.6. The van der Waals surface area contributed by atoms with Crippen LogP contribution in [0.15, 0.2) is 85.1 Å². The third-order valence-electron chi connectivity index (χ3n) is 15.6. The van der Waals surface area contributed by atoms with E-state index < -0.39 is 6.10 Å². The first-order chi connectivity index (χ1) is 40.5. The van der Waals surface area contributed by atoms with E-state index in [2.05, 4.69) is 106 Å². The van der Waals surface area contributed by atoms with Crippen LogP contribution in [0.25, 0.3) is 0 Å². The maximum atomic E-state index is 12.9. The van der Waals surface area contributed by atoms with E-state index in [1.165, 1.54) is 218 Å². The molecule has 0 aliphatic rings. The summed E-state index contributed by atoms with van der Waals surface area (Å²) >= 11 is 0. The Morgan fingerprint density at radius 2 is 0.476 bits per heavy atom. The molecule has 0 aromatic rings. The Hall–Kier alpha value is -3.41. The number of allylic oxidation sites excluding steroid dienone is 14. The number of hydrogen-bond donors (Lipinski definition) is 0. The highest BCUT2D eigenvalue weighted by Crippen LogP contribution is 2.18. The monoisotopic (exact) mass is 1140 g/mol. The van der Waals surface area contributed by atoms with E-state index in [0.717, 1.165) is 103 Å². The molecule has 0 heterocycles. The number of rotatable bonds is 65. The molecule has 1 unspecified atom stereocenters. The van der Waals surface area contributed by atoms with Gasteiger partial charge in [-0.1, -0.05) is 331 Å². The highest BCUT2D eigenvalue weighted by atomic mass is 16.6. The van der Waals surface area contributed by atoms with Crippen LogP contribution in [0.3, 0.4) is 0 Å². The van der Waals surface area contributed by atoms with Crippen LogP contribution in [0, 0.1) is 0 Å². The normalized spacial score (nSPS) is 12.6. The van der Waals surface area contributed by atoms with Crippen LogP contribution >= 0.6 is 0 Å². The van der Waals surface area contributed by atoms with Gasteiger partial charge in [-0.2, -0.15) is 0 Å². The second kappa shape index (κ2) is 70.1. The highest BCUT2D eigenvalue weighted by Gasteiger charge is 2.19. The summed E-state index contributed by atoms with van der Waals surface area (Å²) in [7, 11) is 0. The van der Waals surface area contributed by atoms with Crippen molar-refractivity contribution < 1.29 is 28.6 Å². The van der Waals surface area contributed by atoms with Gasteiger partial charge in [-0.05, 0) is 96.3 Å². The number of carbonyl (C=O) groups is 3. The lowest BCUT2D eigenvalue weighted by molar-refractivity contribution is -0.167. The minimum absolute atomic E-state index is 0.0747.